The van der Waals surface area contributed by atoms with Crippen LogP contribution in [-0.2, 0) is 13.2 Å². The molecule has 0 saturated heterocycles. The molecular formula is C13H11ClN4O2. The van der Waals surface area contributed by atoms with Crippen LogP contribution in [0.1, 0.15) is 11.4 Å². The molecule has 0 atom stereocenters. The van der Waals surface area contributed by atoms with E-state index in [4.69, 9.17) is 21.1 Å². The van der Waals surface area contributed by atoms with Gasteiger partial charge in [-0.1, -0.05) is 22.9 Å². The van der Waals surface area contributed by atoms with E-state index in [9.17, 15) is 0 Å². The molecule has 0 aliphatic carbocycles. The summed E-state index contributed by atoms with van der Waals surface area (Å²) in [5.41, 5.74) is 2.05. The normalized spacial score (nSPS) is 10.9. The Hall–Kier alpha value is -2.18. The van der Waals surface area contributed by atoms with Crippen molar-refractivity contribution in [3.8, 4) is 11.5 Å². The molecule has 0 unspecified atom stereocenters. The van der Waals surface area contributed by atoms with Gasteiger partial charge >= 0.3 is 0 Å². The summed E-state index contributed by atoms with van der Waals surface area (Å²) in [6, 6.07) is 7.30. The fourth-order valence-electron chi connectivity index (χ4n) is 1.79. The molecule has 0 aliphatic rings. The third-order valence-corrected chi connectivity index (χ3v) is 2.93. The molecule has 7 heteroatoms. The first kappa shape index (κ1) is 12.8. The van der Waals surface area contributed by atoms with E-state index in [1.165, 1.54) is 0 Å². The Bertz CT molecular complexity index is 722. The second-order valence-corrected chi connectivity index (χ2v) is 4.66. The fourth-order valence-corrected chi connectivity index (χ4v) is 1.98. The van der Waals surface area contributed by atoms with Gasteiger partial charge in [0.2, 0.25) is 5.89 Å². The SMILES string of the molecule is OCc1cn(Cc2coc(-c3cccc(Cl)c3)n2)nn1. The highest BCUT2D eigenvalue weighted by Gasteiger charge is 2.08. The number of benzene rings is 1. The van der Waals surface area contributed by atoms with Gasteiger partial charge in [-0.25, -0.2) is 9.67 Å². The van der Waals surface area contributed by atoms with Crippen LogP contribution in [0.4, 0.5) is 0 Å². The first-order valence-corrected chi connectivity index (χ1v) is 6.32. The number of aliphatic hydroxyl groups is 1. The van der Waals surface area contributed by atoms with Crippen molar-refractivity contribution in [2.75, 3.05) is 0 Å². The van der Waals surface area contributed by atoms with Crippen molar-refractivity contribution in [1.82, 2.24) is 20.0 Å². The van der Waals surface area contributed by atoms with Crippen molar-refractivity contribution in [1.29, 1.82) is 0 Å². The molecule has 0 bridgehead atoms. The Labute approximate surface area is 119 Å². The van der Waals surface area contributed by atoms with E-state index >= 15 is 0 Å². The highest BCUT2D eigenvalue weighted by Crippen LogP contribution is 2.22. The van der Waals surface area contributed by atoms with Gasteiger partial charge in [0, 0.05) is 10.6 Å². The maximum Gasteiger partial charge on any atom is 0.226 e. The number of aliphatic hydroxyl groups excluding tert-OH is 1. The summed E-state index contributed by atoms with van der Waals surface area (Å²) in [5.74, 6) is 0.505. The molecule has 2 aromatic heterocycles. The van der Waals surface area contributed by atoms with Gasteiger partial charge in [-0.2, -0.15) is 0 Å². The molecule has 102 valence electrons. The number of oxazole rings is 1. The van der Waals surface area contributed by atoms with E-state index in [0.29, 0.717) is 23.2 Å². The zero-order valence-electron chi connectivity index (χ0n) is 10.4. The number of halogens is 1. The molecular weight excluding hydrogens is 280 g/mol. The standard InChI is InChI=1S/C13H11ClN4O2/c14-10-3-1-2-9(4-10)13-15-12(8-20-13)6-18-5-11(7-19)16-17-18/h1-5,8,19H,6-7H2. The lowest BCUT2D eigenvalue weighted by Crippen LogP contribution is -2.00. The fraction of sp³-hybridized carbons (Fsp3) is 0.154. The maximum absolute atomic E-state index is 8.93. The summed E-state index contributed by atoms with van der Waals surface area (Å²) in [4.78, 5) is 4.38. The van der Waals surface area contributed by atoms with Crippen molar-refractivity contribution in [3.05, 3.63) is 53.1 Å². The monoisotopic (exact) mass is 290 g/mol. The van der Waals surface area contributed by atoms with Crippen molar-refractivity contribution < 1.29 is 9.52 Å². The molecule has 0 spiro atoms. The van der Waals surface area contributed by atoms with Crippen LogP contribution in [0.25, 0.3) is 11.5 Å². The van der Waals surface area contributed by atoms with E-state index in [1.807, 2.05) is 12.1 Å². The van der Waals surface area contributed by atoms with Gasteiger partial charge in [0.15, 0.2) is 0 Å². The third-order valence-electron chi connectivity index (χ3n) is 2.70. The Morgan fingerprint density at radius 2 is 2.20 bits per heavy atom. The highest BCUT2D eigenvalue weighted by atomic mass is 35.5. The third kappa shape index (κ3) is 2.71. The lowest BCUT2D eigenvalue weighted by molar-refractivity contribution is 0.276. The second kappa shape index (κ2) is 5.44. The quantitative estimate of drug-likeness (QED) is 0.796. The zero-order valence-corrected chi connectivity index (χ0v) is 11.2. The van der Waals surface area contributed by atoms with Gasteiger partial charge < -0.3 is 9.52 Å². The van der Waals surface area contributed by atoms with Crippen LogP contribution < -0.4 is 0 Å². The Morgan fingerprint density at radius 1 is 1.30 bits per heavy atom. The minimum atomic E-state index is -0.132. The molecule has 0 saturated carbocycles. The van der Waals surface area contributed by atoms with Gasteiger partial charge in [-0.3, -0.25) is 0 Å². The van der Waals surface area contributed by atoms with Crippen LogP contribution in [0, 0.1) is 0 Å². The minimum Gasteiger partial charge on any atom is -0.444 e. The summed E-state index contributed by atoms with van der Waals surface area (Å²) in [7, 11) is 0. The average Bonchev–Trinajstić information content (AvgIpc) is 3.08. The largest absolute Gasteiger partial charge is 0.444 e. The predicted molar refractivity (Wildman–Crippen MR) is 72.0 cm³/mol. The average molecular weight is 291 g/mol. The topological polar surface area (TPSA) is 77.0 Å². The number of hydrogen-bond donors (Lipinski definition) is 1. The van der Waals surface area contributed by atoms with Gasteiger partial charge in [-0.05, 0) is 18.2 Å². The van der Waals surface area contributed by atoms with Crippen LogP contribution in [0.3, 0.4) is 0 Å². The number of hydrogen-bond acceptors (Lipinski definition) is 5. The Kier molecular flexibility index (Phi) is 3.49. The second-order valence-electron chi connectivity index (χ2n) is 4.22. The summed E-state index contributed by atoms with van der Waals surface area (Å²) in [6.45, 7) is 0.295. The van der Waals surface area contributed by atoms with E-state index in [2.05, 4.69) is 15.3 Å². The van der Waals surface area contributed by atoms with Gasteiger partial charge in [0.05, 0.1) is 19.3 Å². The van der Waals surface area contributed by atoms with E-state index in [1.54, 1.807) is 29.3 Å². The molecule has 3 rings (SSSR count). The molecule has 0 aliphatic heterocycles. The highest BCUT2D eigenvalue weighted by molar-refractivity contribution is 6.30. The molecule has 3 aromatic rings. The van der Waals surface area contributed by atoms with Crippen LogP contribution in [0.5, 0.6) is 0 Å². The first-order valence-electron chi connectivity index (χ1n) is 5.95. The number of nitrogens with zero attached hydrogens (tertiary/aromatic N) is 4. The lowest BCUT2D eigenvalue weighted by Gasteiger charge is -1.96. The summed E-state index contributed by atoms with van der Waals surface area (Å²) in [5, 5.41) is 17.2. The molecule has 2 heterocycles. The van der Waals surface area contributed by atoms with Crippen molar-refractivity contribution in [2.24, 2.45) is 0 Å². The zero-order chi connectivity index (χ0) is 13.9. The summed E-state index contributed by atoms with van der Waals surface area (Å²) < 4.78 is 7.02. The van der Waals surface area contributed by atoms with E-state index in [-0.39, 0.29) is 6.61 Å². The van der Waals surface area contributed by atoms with Crippen molar-refractivity contribution >= 4 is 11.6 Å². The van der Waals surface area contributed by atoms with Crippen LogP contribution in [0.2, 0.25) is 5.02 Å². The predicted octanol–water partition coefficient (Wildman–Crippen LogP) is 2.13. The number of aromatic nitrogens is 4. The molecule has 0 radical (unpaired) electrons. The van der Waals surface area contributed by atoms with Crippen LogP contribution in [-0.4, -0.2) is 25.1 Å². The van der Waals surface area contributed by atoms with Gasteiger partial charge in [0.1, 0.15) is 17.7 Å². The molecule has 1 aromatic carbocycles. The Balaban J connectivity index is 1.80. The van der Waals surface area contributed by atoms with Gasteiger partial charge in [0.25, 0.3) is 0 Å². The summed E-state index contributed by atoms with van der Waals surface area (Å²) >= 11 is 5.93. The molecule has 20 heavy (non-hydrogen) atoms. The Morgan fingerprint density at radius 3 is 2.95 bits per heavy atom. The van der Waals surface area contributed by atoms with Crippen molar-refractivity contribution in [3.63, 3.8) is 0 Å². The van der Waals surface area contributed by atoms with E-state index in [0.717, 1.165) is 11.3 Å². The van der Waals surface area contributed by atoms with E-state index < -0.39 is 0 Å². The van der Waals surface area contributed by atoms with Crippen LogP contribution >= 0.6 is 11.6 Å². The summed E-state index contributed by atoms with van der Waals surface area (Å²) in [6.07, 6.45) is 3.23. The molecule has 1 N–H and O–H groups in total. The minimum absolute atomic E-state index is 0.132. The molecule has 6 nitrogen and oxygen atoms in total. The van der Waals surface area contributed by atoms with Crippen molar-refractivity contribution in [2.45, 2.75) is 13.2 Å². The number of rotatable bonds is 4. The maximum atomic E-state index is 8.93. The molecule has 0 fully saturated rings. The lowest BCUT2D eigenvalue weighted by atomic mass is 10.2. The smallest absolute Gasteiger partial charge is 0.226 e. The van der Waals surface area contributed by atoms with Crippen LogP contribution in [0.15, 0.2) is 41.1 Å². The molecule has 0 amide bonds. The first-order chi connectivity index (χ1) is 9.74. The van der Waals surface area contributed by atoms with Gasteiger partial charge in [-0.15, -0.1) is 5.10 Å².